The van der Waals surface area contributed by atoms with Gasteiger partial charge < -0.3 is 0 Å². The fraction of sp³-hybridized carbons (Fsp3) is 0. The van der Waals surface area contributed by atoms with E-state index in [4.69, 9.17) is 62.8 Å². The Labute approximate surface area is 301 Å². The van der Waals surface area contributed by atoms with Crippen molar-refractivity contribution < 1.29 is 0 Å². The third-order valence-corrected chi connectivity index (χ3v) is 10.4. The SMILES string of the molecule is [B]c1c([B])c([B])c2c(-c3cccc4c3ccc3cc5ccccc5cc34)c3c([B])c([B])c([B])c([B])c3c(-c3cccc4ccccc34)c2c1[B]. The van der Waals surface area contributed by atoms with Crippen molar-refractivity contribution in [3.63, 3.8) is 0 Å². The molecule has 0 amide bonds. The minimum Gasteiger partial charge on any atom is -0.110 e. The van der Waals surface area contributed by atoms with Gasteiger partial charge >= 0.3 is 0 Å². The molecule has 9 aromatic carbocycles. The van der Waals surface area contributed by atoms with Gasteiger partial charge in [0.05, 0.1) is 0 Å². The van der Waals surface area contributed by atoms with E-state index in [1.54, 1.807) is 0 Å². The van der Waals surface area contributed by atoms with Gasteiger partial charge in [-0.25, -0.2) is 0 Å². The van der Waals surface area contributed by atoms with Crippen LogP contribution in [0.2, 0.25) is 0 Å². The highest BCUT2D eigenvalue weighted by atomic mass is 14.3. The predicted molar refractivity (Wildman–Crippen MR) is 225 cm³/mol. The van der Waals surface area contributed by atoms with Crippen LogP contribution in [0.3, 0.4) is 0 Å². The first-order valence-electron chi connectivity index (χ1n) is 16.3. The first-order valence-corrected chi connectivity index (χ1v) is 16.3. The Balaban J connectivity index is 1.57. The lowest BCUT2D eigenvalue weighted by Crippen LogP contribution is -2.50. The van der Waals surface area contributed by atoms with Gasteiger partial charge in [-0.3, -0.25) is 0 Å². The molecule has 0 aliphatic carbocycles. The molecule has 0 nitrogen and oxygen atoms in total. The molecule has 0 aromatic heterocycles. The smallest absolute Gasteiger partial charge is 0.110 e. The topological polar surface area (TPSA) is 0 Å². The predicted octanol–water partition coefficient (Wildman–Crippen LogP) is 2.29. The molecule has 16 radical (unpaired) electrons. The van der Waals surface area contributed by atoms with Gasteiger partial charge in [0.25, 0.3) is 0 Å². The van der Waals surface area contributed by atoms with Crippen LogP contribution in [-0.2, 0) is 0 Å². The zero-order valence-electron chi connectivity index (χ0n) is 27.0. The molecular weight excluding hydrogens is 591 g/mol. The minimum absolute atomic E-state index is 0.187. The quantitative estimate of drug-likeness (QED) is 0.161. The summed E-state index contributed by atoms with van der Waals surface area (Å²) in [7, 11) is 54.7. The highest BCUT2D eigenvalue weighted by molar-refractivity contribution is 6.71. The maximum atomic E-state index is 7.04. The lowest BCUT2D eigenvalue weighted by Gasteiger charge is -2.29. The van der Waals surface area contributed by atoms with Crippen LogP contribution >= 0.6 is 0 Å². The number of hydrogen-bond acceptors (Lipinski definition) is 0. The van der Waals surface area contributed by atoms with Crippen molar-refractivity contribution in [2.45, 2.75) is 0 Å². The molecular formula is C42H18B8. The van der Waals surface area contributed by atoms with Crippen molar-refractivity contribution in [2.75, 3.05) is 0 Å². The lowest BCUT2D eigenvalue weighted by molar-refractivity contribution is 1.73. The van der Waals surface area contributed by atoms with Gasteiger partial charge in [-0.15, -0.1) is 21.9 Å². The van der Waals surface area contributed by atoms with E-state index in [-0.39, 0.29) is 43.7 Å². The molecule has 210 valence electrons. The fourth-order valence-electron chi connectivity index (χ4n) is 7.93. The van der Waals surface area contributed by atoms with Crippen LogP contribution in [-0.4, -0.2) is 62.8 Å². The molecule has 0 aliphatic heterocycles. The zero-order chi connectivity index (χ0) is 34.6. The van der Waals surface area contributed by atoms with E-state index in [0.717, 1.165) is 48.8 Å². The summed E-state index contributed by atoms with van der Waals surface area (Å²) >= 11 is 0. The molecule has 9 rings (SSSR count). The number of rotatable bonds is 2. The Hall–Kier alpha value is -4.94. The Morgan fingerprint density at radius 2 is 0.680 bits per heavy atom. The van der Waals surface area contributed by atoms with E-state index in [0.29, 0.717) is 32.7 Å². The summed E-state index contributed by atoms with van der Waals surface area (Å²) in [5.41, 5.74) is 4.96. The fourth-order valence-corrected chi connectivity index (χ4v) is 7.93. The molecule has 0 bridgehead atoms. The first kappa shape index (κ1) is 31.1. The van der Waals surface area contributed by atoms with Gasteiger partial charge in [-0.2, -0.15) is 0 Å². The average molecular weight is 609 g/mol. The van der Waals surface area contributed by atoms with Crippen molar-refractivity contribution in [1.29, 1.82) is 0 Å². The Morgan fingerprint density at radius 1 is 0.260 bits per heavy atom. The molecule has 0 saturated heterocycles. The van der Waals surface area contributed by atoms with Crippen LogP contribution in [0.4, 0.5) is 0 Å². The van der Waals surface area contributed by atoms with Crippen LogP contribution in [0, 0.1) is 0 Å². The second-order valence-electron chi connectivity index (χ2n) is 13.0. The minimum atomic E-state index is 0.187. The highest BCUT2D eigenvalue weighted by Gasteiger charge is 2.26. The maximum absolute atomic E-state index is 7.04. The standard InChI is InChI=1S/C42H18B8/c43-35-31-29(26-13-5-10-19-7-3-4-11-23(19)26)32-34(38(46)42(50)40(48)36(32)44)30(33(31)37(45)41(49)39(35)47)27-14-6-12-24-25(27)16-15-22-17-20-8-1-2-9-21(20)18-28(22)24/h1-18H. The van der Waals surface area contributed by atoms with Crippen molar-refractivity contribution in [3.8, 4) is 22.3 Å². The monoisotopic (exact) mass is 610 g/mol. The highest BCUT2D eigenvalue weighted by Crippen LogP contribution is 2.45. The van der Waals surface area contributed by atoms with Crippen LogP contribution in [0.1, 0.15) is 0 Å². The van der Waals surface area contributed by atoms with E-state index in [2.05, 4.69) is 66.7 Å². The number of fused-ring (bicyclic) bond motifs is 7. The van der Waals surface area contributed by atoms with Gasteiger partial charge in [0.15, 0.2) is 0 Å². The molecule has 0 saturated carbocycles. The zero-order valence-corrected chi connectivity index (χ0v) is 27.0. The summed E-state index contributed by atoms with van der Waals surface area (Å²) in [5.74, 6) is 0. The Bertz CT molecular complexity index is 2880. The molecule has 0 aliphatic rings. The van der Waals surface area contributed by atoms with Crippen molar-refractivity contribution in [1.82, 2.24) is 0 Å². The second kappa shape index (κ2) is 11.3. The molecule has 9 aromatic rings. The maximum Gasteiger partial charge on any atom is 0.113 e. The normalized spacial score (nSPS) is 11.8. The van der Waals surface area contributed by atoms with Gasteiger partial charge in [0.2, 0.25) is 0 Å². The third kappa shape index (κ3) is 4.24. The Morgan fingerprint density at radius 3 is 1.24 bits per heavy atom. The van der Waals surface area contributed by atoms with E-state index < -0.39 is 0 Å². The molecule has 0 spiro atoms. The molecule has 0 atom stereocenters. The summed E-state index contributed by atoms with van der Waals surface area (Å²) in [5, 5.41) is 11.0. The van der Waals surface area contributed by atoms with Gasteiger partial charge in [-0.1, -0.05) is 119 Å². The van der Waals surface area contributed by atoms with Gasteiger partial charge in [0.1, 0.15) is 62.8 Å². The molecule has 0 heterocycles. The largest absolute Gasteiger partial charge is 0.113 e. The van der Waals surface area contributed by atoms with Crippen molar-refractivity contribution in [2.24, 2.45) is 0 Å². The summed E-state index contributed by atoms with van der Waals surface area (Å²) in [6.45, 7) is 0. The molecule has 8 heteroatoms. The Kier molecular flexibility index (Phi) is 7.02. The van der Waals surface area contributed by atoms with Crippen LogP contribution in [0.25, 0.3) is 86.9 Å². The summed E-state index contributed by atoms with van der Waals surface area (Å²) in [4.78, 5) is 0. The van der Waals surface area contributed by atoms with E-state index >= 15 is 0 Å². The summed E-state index contributed by atoms with van der Waals surface area (Å²) < 4.78 is 0. The summed E-state index contributed by atoms with van der Waals surface area (Å²) in [6.07, 6.45) is 0. The van der Waals surface area contributed by atoms with E-state index in [9.17, 15) is 0 Å². The molecule has 50 heavy (non-hydrogen) atoms. The third-order valence-electron chi connectivity index (χ3n) is 10.4. The van der Waals surface area contributed by atoms with E-state index in [1.165, 1.54) is 5.39 Å². The van der Waals surface area contributed by atoms with Crippen LogP contribution in [0.15, 0.2) is 109 Å². The number of hydrogen-bond donors (Lipinski definition) is 0. The van der Waals surface area contributed by atoms with Crippen LogP contribution in [0.5, 0.6) is 0 Å². The van der Waals surface area contributed by atoms with Crippen molar-refractivity contribution in [3.05, 3.63) is 109 Å². The molecule has 0 N–H and O–H groups in total. The molecule has 0 unspecified atom stereocenters. The molecule has 0 fully saturated rings. The average Bonchev–Trinajstić information content (AvgIpc) is 3.15. The number of benzene rings is 9. The van der Waals surface area contributed by atoms with E-state index in [1.807, 2.05) is 42.5 Å². The van der Waals surface area contributed by atoms with Crippen LogP contribution < -0.4 is 43.7 Å². The van der Waals surface area contributed by atoms with Gasteiger partial charge in [-0.05, 0) is 99.0 Å². The van der Waals surface area contributed by atoms with Gasteiger partial charge in [0, 0.05) is 0 Å². The second-order valence-corrected chi connectivity index (χ2v) is 13.0. The lowest BCUT2D eigenvalue weighted by atomic mass is 9.59. The summed E-state index contributed by atoms with van der Waals surface area (Å²) in [6, 6.07) is 37.4. The van der Waals surface area contributed by atoms with Crippen molar-refractivity contribution >= 4 is 171 Å². The first-order chi connectivity index (χ1) is 24.2.